The lowest BCUT2D eigenvalue weighted by Crippen LogP contribution is -2.25. The fourth-order valence-corrected chi connectivity index (χ4v) is 4.53. The summed E-state index contributed by atoms with van der Waals surface area (Å²) in [6.45, 7) is 2.89. The number of methoxy groups -OCH3 is 1. The minimum absolute atomic E-state index is 0.279. The van der Waals surface area contributed by atoms with Crippen LogP contribution >= 0.6 is 0 Å². The Kier molecular flexibility index (Phi) is 5.78. The van der Waals surface area contributed by atoms with Crippen LogP contribution < -0.4 is 15.0 Å². The van der Waals surface area contributed by atoms with Crippen molar-refractivity contribution in [2.75, 3.05) is 30.4 Å². The van der Waals surface area contributed by atoms with Crippen molar-refractivity contribution in [3.63, 3.8) is 0 Å². The van der Waals surface area contributed by atoms with Crippen LogP contribution in [0.15, 0.2) is 55.2 Å². The lowest BCUT2D eigenvalue weighted by atomic mass is 10.2. The molecule has 1 aliphatic rings. The van der Waals surface area contributed by atoms with Gasteiger partial charge in [-0.1, -0.05) is 0 Å². The summed E-state index contributed by atoms with van der Waals surface area (Å²) in [6.07, 6.45) is 4.06. The molecule has 2 atom stereocenters. The number of hydrogen-bond donors (Lipinski definition) is 2. The molecular formula is C26H26N8O3. The summed E-state index contributed by atoms with van der Waals surface area (Å²) in [5.74, 6) is 2.53. The van der Waals surface area contributed by atoms with Gasteiger partial charge in [-0.2, -0.15) is 0 Å². The highest BCUT2D eigenvalue weighted by atomic mass is 16.5. The van der Waals surface area contributed by atoms with Crippen LogP contribution in [0.1, 0.15) is 5.56 Å². The third kappa shape index (κ3) is 4.39. The topological polar surface area (TPSA) is 123 Å². The van der Waals surface area contributed by atoms with E-state index in [1.54, 1.807) is 19.6 Å². The number of fused-ring (bicyclic) bond motifs is 2. The van der Waals surface area contributed by atoms with Gasteiger partial charge in [-0.15, -0.1) is 0 Å². The largest absolute Gasteiger partial charge is 0.457 e. The van der Waals surface area contributed by atoms with Crippen molar-refractivity contribution < 1.29 is 14.6 Å². The zero-order chi connectivity index (χ0) is 25.5. The van der Waals surface area contributed by atoms with Gasteiger partial charge < -0.3 is 29.4 Å². The maximum Gasteiger partial charge on any atom is 0.226 e. The van der Waals surface area contributed by atoms with Crippen molar-refractivity contribution in [1.82, 2.24) is 29.5 Å². The van der Waals surface area contributed by atoms with E-state index in [0.29, 0.717) is 35.9 Å². The smallest absolute Gasteiger partial charge is 0.226 e. The van der Waals surface area contributed by atoms with E-state index in [1.807, 2.05) is 59.8 Å². The Labute approximate surface area is 212 Å². The number of nitrogens with one attached hydrogen (secondary N) is 1. The molecule has 0 saturated carbocycles. The molecule has 188 valence electrons. The van der Waals surface area contributed by atoms with Crippen molar-refractivity contribution in [2.45, 2.75) is 19.1 Å². The second kappa shape index (κ2) is 9.26. The average molecular weight is 499 g/mol. The van der Waals surface area contributed by atoms with Gasteiger partial charge >= 0.3 is 0 Å². The predicted molar refractivity (Wildman–Crippen MR) is 139 cm³/mol. The fourth-order valence-electron chi connectivity index (χ4n) is 4.53. The standard InChI is InChI=1S/C26H26N8O3/c1-15-8-16(4-7-22(15)37-17-5-6-20-18(9-17)30-14-33(20)2)31-25-24-19(28-13-29-25)10-27-26(32-24)34-11-21(35)23(12-34)36-3/h4-10,13-14,21,23,35H,11-12H2,1-3H3,(H,28,29,31)/t21-,23+/m1/s1. The van der Waals surface area contributed by atoms with Gasteiger partial charge in [0.25, 0.3) is 0 Å². The Balaban J connectivity index is 1.24. The van der Waals surface area contributed by atoms with Gasteiger partial charge in [-0.25, -0.2) is 24.9 Å². The Morgan fingerprint density at radius 1 is 1.03 bits per heavy atom. The van der Waals surface area contributed by atoms with E-state index >= 15 is 0 Å². The van der Waals surface area contributed by atoms with Crippen LogP contribution in [0.25, 0.3) is 22.1 Å². The summed E-state index contributed by atoms with van der Waals surface area (Å²) in [4.78, 5) is 24.2. The number of aryl methyl sites for hydroxylation is 2. The van der Waals surface area contributed by atoms with Crippen molar-refractivity contribution >= 4 is 39.5 Å². The number of benzene rings is 2. The number of rotatable bonds is 6. The maximum atomic E-state index is 10.2. The van der Waals surface area contributed by atoms with Crippen LogP contribution in [0.3, 0.4) is 0 Å². The third-order valence-corrected chi connectivity index (χ3v) is 6.55. The van der Waals surface area contributed by atoms with E-state index in [9.17, 15) is 5.11 Å². The number of aromatic nitrogens is 6. The molecule has 1 aliphatic heterocycles. The van der Waals surface area contributed by atoms with Gasteiger partial charge in [0.05, 0.1) is 29.7 Å². The first kappa shape index (κ1) is 23.1. The van der Waals surface area contributed by atoms with E-state index < -0.39 is 6.10 Å². The number of nitrogens with zero attached hydrogens (tertiary/aromatic N) is 7. The molecule has 0 amide bonds. The van der Waals surface area contributed by atoms with Gasteiger partial charge in [0.2, 0.25) is 5.95 Å². The number of anilines is 3. The van der Waals surface area contributed by atoms with E-state index in [0.717, 1.165) is 33.8 Å². The second-order valence-corrected chi connectivity index (χ2v) is 9.09. The summed E-state index contributed by atoms with van der Waals surface area (Å²) in [7, 11) is 3.55. The zero-order valence-electron chi connectivity index (χ0n) is 20.7. The highest BCUT2D eigenvalue weighted by Crippen LogP contribution is 2.31. The average Bonchev–Trinajstić information content (AvgIpc) is 3.47. The fraction of sp³-hybridized carbons (Fsp3) is 0.269. The molecule has 2 N–H and O–H groups in total. The van der Waals surface area contributed by atoms with E-state index in [1.165, 1.54) is 6.33 Å². The summed E-state index contributed by atoms with van der Waals surface area (Å²) in [6, 6.07) is 11.7. The number of hydrogen-bond acceptors (Lipinski definition) is 10. The molecule has 2 aromatic carbocycles. The molecule has 0 unspecified atom stereocenters. The molecule has 37 heavy (non-hydrogen) atoms. The lowest BCUT2D eigenvalue weighted by Gasteiger charge is -2.16. The van der Waals surface area contributed by atoms with E-state index in [-0.39, 0.29) is 6.10 Å². The first-order chi connectivity index (χ1) is 18.0. The molecule has 1 fully saturated rings. The SMILES string of the molecule is CO[C@H]1CN(c2ncc3ncnc(Nc4ccc(Oc5ccc6c(c5)ncn6C)c(C)c4)c3n2)C[C@H]1O. The molecule has 4 heterocycles. The number of aliphatic hydroxyl groups is 1. The molecule has 0 aliphatic carbocycles. The molecule has 11 heteroatoms. The number of aliphatic hydroxyl groups excluding tert-OH is 1. The van der Waals surface area contributed by atoms with Crippen LogP contribution in [0.2, 0.25) is 0 Å². The molecule has 5 aromatic rings. The molecule has 0 bridgehead atoms. The predicted octanol–water partition coefficient (Wildman–Crippen LogP) is 3.35. The highest BCUT2D eigenvalue weighted by Gasteiger charge is 2.33. The Morgan fingerprint density at radius 3 is 2.73 bits per heavy atom. The van der Waals surface area contributed by atoms with Crippen LogP contribution in [-0.2, 0) is 11.8 Å². The van der Waals surface area contributed by atoms with Gasteiger partial charge in [0.15, 0.2) is 5.82 Å². The molecule has 6 rings (SSSR count). The Morgan fingerprint density at radius 2 is 1.92 bits per heavy atom. The number of β-amino-alcohol motifs (C(OH)–C–C–N with tert-alkyl or cyclic N) is 1. The highest BCUT2D eigenvalue weighted by molar-refractivity contribution is 5.87. The summed E-state index contributed by atoms with van der Waals surface area (Å²) < 4.78 is 13.5. The van der Waals surface area contributed by atoms with Crippen LogP contribution in [0, 0.1) is 6.92 Å². The molecular weight excluding hydrogens is 472 g/mol. The van der Waals surface area contributed by atoms with Crippen molar-refractivity contribution in [3.8, 4) is 11.5 Å². The van der Waals surface area contributed by atoms with Crippen LogP contribution in [0.5, 0.6) is 11.5 Å². The second-order valence-electron chi connectivity index (χ2n) is 9.09. The summed E-state index contributed by atoms with van der Waals surface area (Å²) in [5.41, 5.74) is 4.93. The Bertz CT molecular complexity index is 1600. The maximum absolute atomic E-state index is 10.2. The zero-order valence-corrected chi connectivity index (χ0v) is 20.7. The minimum Gasteiger partial charge on any atom is -0.457 e. The molecule has 1 saturated heterocycles. The van der Waals surface area contributed by atoms with Crippen LogP contribution in [-0.4, -0.2) is 67.0 Å². The molecule has 0 radical (unpaired) electrons. The summed E-state index contributed by atoms with van der Waals surface area (Å²) in [5, 5.41) is 13.5. The van der Waals surface area contributed by atoms with Gasteiger partial charge in [-0.05, 0) is 42.8 Å². The summed E-state index contributed by atoms with van der Waals surface area (Å²) >= 11 is 0. The monoisotopic (exact) mass is 498 g/mol. The van der Waals surface area contributed by atoms with Crippen molar-refractivity contribution in [2.24, 2.45) is 7.05 Å². The van der Waals surface area contributed by atoms with Gasteiger partial charge in [0, 0.05) is 39.0 Å². The third-order valence-electron chi connectivity index (χ3n) is 6.55. The first-order valence-corrected chi connectivity index (χ1v) is 11.9. The minimum atomic E-state index is -0.594. The quantitative estimate of drug-likeness (QED) is 0.360. The van der Waals surface area contributed by atoms with Gasteiger partial charge in [0.1, 0.15) is 35.0 Å². The molecule has 3 aromatic heterocycles. The Hall–Kier alpha value is -4.35. The number of ether oxygens (including phenoxy) is 2. The van der Waals surface area contributed by atoms with Gasteiger partial charge in [-0.3, -0.25) is 0 Å². The lowest BCUT2D eigenvalue weighted by molar-refractivity contribution is 0.0217. The molecule has 0 spiro atoms. The van der Waals surface area contributed by atoms with Crippen molar-refractivity contribution in [1.29, 1.82) is 0 Å². The van der Waals surface area contributed by atoms with Crippen molar-refractivity contribution in [3.05, 3.63) is 60.8 Å². The molecule has 11 nitrogen and oxygen atoms in total. The van der Waals surface area contributed by atoms with Crippen LogP contribution in [0.4, 0.5) is 17.5 Å². The van der Waals surface area contributed by atoms with E-state index in [2.05, 4.69) is 25.3 Å². The normalized spacial score (nSPS) is 17.6. The number of imidazole rings is 1. The first-order valence-electron chi connectivity index (χ1n) is 11.9. The van der Waals surface area contributed by atoms with E-state index in [4.69, 9.17) is 14.5 Å².